The van der Waals surface area contributed by atoms with Gasteiger partial charge in [0.2, 0.25) is 0 Å². The van der Waals surface area contributed by atoms with Crippen molar-refractivity contribution >= 4 is 33.0 Å². The van der Waals surface area contributed by atoms with Gasteiger partial charge in [0, 0.05) is 6.26 Å². The lowest BCUT2D eigenvalue weighted by Crippen LogP contribution is -2.41. The Morgan fingerprint density at radius 2 is 1.32 bits per heavy atom. The van der Waals surface area contributed by atoms with E-state index in [9.17, 15) is 18.0 Å². The van der Waals surface area contributed by atoms with E-state index in [0.29, 0.717) is 17.8 Å². The molecule has 1 aliphatic rings. The number of aryl methyl sites for hydroxylation is 1. The van der Waals surface area contributed by atoms with Crippen LogP contribution in [0.25, 0.3) is 0 Å². The molecule has 0 spiro atoms. The van der Waals surface area contributed by atoms with E-state index < -0.39 is 15.8 Å². The molecule has 1 aliphatic heterocycles. The minimum absolute atomic E-state index is 0.165. The Hall–Kier alpha value is -2.67. The van der Waals surface area contributed by atoms with Crippen molar-refractivity contribution in [1.29, 1.82) is 0 Å². The smallest absolute Gasteiger partial charge is 0.258 e. The summed E-state index contributed by atoms with van der Waals surface area (Å²) >= 11 is 0. The molecule has 2 amide bonds. The summed E-state index contributed by atoms with van der Waals surface area (Å²) in [4.78, 5) is 26.3. The maximum Gasteiger partial charge on any atom is 0.258 e. The highest BCUT2D eigenvalue weighted by Gasteiger charge is 2.46. The van der Waals surface area contributed by atoms with Crippen molar-refractivity contribution in [2.24, 2.45) is 5.92 Å². The second-order valence-corrected chi connectivity index (χ2v) is 9.11. The molecule has 0 aromatic heterocycles. The number of unbranched alkanes of at least 4 members (excludes halogenated alkanes) is 1. The third kappa shape index (κ3) is 3.80. The molecule has 1 saturated heterocycles. The van der Waals surface area contributed by atoms with E-state index in [4.69, 9.17) is 0 Å². The SMILES string of the molecule is CCCCC1C(=O)N(c2ccc(C)cc2)N(c2ccc(S(C)(=O)=O)cc2)C1=O. The number of rotatable bonds is 6. The van der Waals surface area contributed by atoms with Crippen LogP contribution in [-0.2, 0) is 19.4 Å². The van der Waals surface area contributed by atoms with Crippen LogP contribution in [0, 0.1) is 12.8 Å². The molecule has 0 bridgehead atoms. The molecule has 2 aromatic rings. The fourth-order valence-corrected chi connectivity index (χ4v) is 3.89. The van der Waals surface area contributed by atoms with Crippen LogP contribution >= 0.6 is 0 Å². The summed E-state index contributed by atoms with van der Waals surface area (Å²) in [6.07, 6.45) is 3.30. The second-order valence-electron chi connectivity index (χ2n) is 7.10. The van der Waals surface area contributed by atoms with Crippen LogP contribution in [0.2, 0.25) is 0 Å². The number of sulfone groups is 1. The number of carbonyl (C=O) groups excluding carboxylic acids is 2. The molecule has 148 valence electrons. The van der Waals surface area contributed by atoms with E-state index in [2.05, 4.69) is 0 Å². The molecule has 0 saturated carbocycles. The van der Waals surface area contributed by atoms with Gasteiger partial charge in [-0.15, -0.1) is 0 Å². The summed E-state index contributed by atoms with van der Waals surface area (Å²) in [5, 5.41) is 2.76. The number of nitrogens with zero attached hydrogens (tertiary/aromatic N) is 2. The largest absolute Gasteiger partial charge is 0.272 e. The van der Waals surface area contributed by atoms with Gasteiger partial charge in [-0.3, -0.25) is 9.59 Å². The average Bonchev–Trinajstić information content (AvgIpc) is 2.90. The van der Waals surface area contributed by atoms with Crippen molar-refractivity contribution in [3.63, 3.8) is 0 Å². The van der Waals surface area contributed by atoms with E-state index in [-0.39, 0.29) is 16.7 Å². The van der Waals surface area contributed by atoms with Crippen molar-refractivity contribution in [1.82, 2.24) is 0 Å². The molecule has 1 fully saturated rings. The first-order chi connectivity index (χ1) is 13.2. The first-order valence-electron chi connectivity index (χ1n) is 9.28. The Balaban J connectivity index is 2.04. The zero-order valence-electron chi connectivity index (χ0n) is 16.3. The van der Waals surface area contributed by atoms with Gasteiger partial charge in [0.1, 0.15) is 5.92 Å². The summed E-state index contributed by atoms with van der Waals surface area (Å²) in [5.41, 5.74) is 2.12. The zero-order chi connectivity index (χ0) is 20.5. The molecular formula is C21H24N2O4S. The number of hydrogen-bond donors (Lipinski definition) is 0. The van der Waals surface area contributed by atoms with Crippen LogP contribution < -0.4 is 10.0 Å². The third-order valence-corrected chi connectivity index (χ3v) is 5.98. The number of anilines is 2. The van der Waals surface area contributed by atoms with Gasteiger partial charge < -0.3 is 0 Å². The molecule has 1 heterocycles. The zero-order valence-corrected chi connectivity index (χ0v) is 17.1. The van der Waals surface area contributed by atoms with E-state index in [1.807, 2.05) is 26.0 Å². The van der Waals surface area contributed by atoms with E-state index in [0.717, 1.165) is 24.7 Å². The second kappa shape index (κ2) is 7.75. The molecule has 0 aliphatic carbocycles. The maximum atomic E-state index is 13.1. The van der Waals surface area contributed by atoms with Crippen LogP contribution in [0.3, 0.4) is 0 Å². The number of benzene rings is 2. The van der Waals surface area contributed by atoms with Crippen LogP contribution in [0.1, 0.15) is 31.7 Å². The molecule has 1 unspecified atom stereocenters. The highest BCUT2D eigenvalue weighted by atomic mass is 32.2. The summed E-state index contributed by atoms with van der Waals surface area (Å²) in [6.45, 7) is 3.97. The first-order valence-corrected chi connectivity index (χ1v) is 11.2. The maximum absolute atomic E-state index is 13.1. The number of hydrogen-bond acceptors (Lipinski definition) is 4. The predicted octanol–water partition coefficient (Wildman–Crippen LogP) is 3.50. The Morgan fingerprint density at radius 1 is 0.857 bits per heavy atom. The molecule has 2 aromatic carbocycles. The van der Waals surface area contributed by atoms with Crippen molar-refractivity contribution in [3.8, 4) is 0 Å². The summed E-state index contributed by atoms with van der Waals surface area (Å²) in [6, 6.07) is 13.4. The Bertz CT molecular complexity index is 982. The quantitative estimate of drug-likeness (QED) is 0.696. The summed E-state index contributed by atoms with van der Waals surface area (Å²) < 4.78 is 23.4. The topological polar surface area (TPSA) is 74.8 Å². The number of carbonyl (C=O) groups is 2. The van der Waals surface area contributed by atoms with Gasteiger partial charge in [0.25, 0.3) is 11.8 Å². The van der Waals surface area contributed by atoms with Crippen LogP contribution in [0.15, 0.2) is 53.4 Å². The molecule has 6 nitrogen and oxygen atoms in total. The van der Waals surface area contributed by atoms with Gasteiger partial charge >= 0.3 is 0 Å². The van der Waals surface area contributed by atoms with E-state index in [1.165, 1.54) is 22.2 Å². The average molecular weight is 401 g/mol. The Kier molecular flexibility index (Phi) is 5.56. The normalized spacial score (nSPS) is 17.5. The Labute approximate surface area is 165 Å². The monoisotopic (exact) mass is 400 g/mol. The number of hydrazine groups is 1. The predicted molar refractivity (Wildman–Crippen MR) is 109 cm³/mol. The lowest BCUT2D eigenvalue weighted by atomic mass is 10.0. The minimum Gasteiger partial charge on any atom is -0.272 e. The molecular weight excluding hydrogens is 376 g/mol. The highest BCUT2D eigenvalue weighted by Crippen LogP contribution is 2.34. The van der Waals surface area contributed by atoms with Gasteiger partial charge in [-0.2, -0.15) is 0 Å². The van der Waals surface area contributed by atoms with Crippen LogP contribution in [-0.4, -0.2) is 26.5 Å². The van der Waals surface area contributed by atoms with Crippen molar-refractivity contribution in [3.05, 3.63) is 54.1 Å². The fraction of sp³-hybridized carbons (Fsp3) is 0.333. The summed E-state index contributed by atoms with van der Waals surface area (Å²) in [5.74, 6) is -1.27. The van der Waals surface area contributed by atoms with Crippen LogP contribution in [0.5, 0.6) is 0 Å². The van der Waals surface area contributed by atoms with Gasteiger partial charge in [-0.1, -0.05) is 37.5 Å². The van der Waals surface area contributed by atoms with Gasteiger partial charge in [-0.05, 0) is 49.7 Å². The third-order valence-electron chi connectivity index (χ3n) is 4.85. The van der Waals surface area contributed by atoms with E-state index in [1.54, 1.807) is 24.3 Å². The molecule has 28 heavy (non-hydrogen) atoms. The molecule has 7 heteroatoms. The van der Waals surface area contributed by atoms with E-state index >= 15 is 0 Å². The van der Waals surface area contributed by atoms with Crippen molar-refractivity contribution in [2.75, 3.05) is 16.3 Å². The minimum atomic E-state index is -3.34. The Morgan fingerprint density at radius 3 is 1.75 bits per heavy atom. The summed E-state index contributed by atoms with van der Waals surface area (Å²) in [7, 11) is -3.34. The van der Waals surface area contributed by atoms with Gasteiger partial charge in [0.15, 0.2) is 9.84 Å². The molecule has 1 atom stereocenters. The molecule has 0 radical (unpaired) electrons. The molecule has 0 N–H and O–H groups in total. The van der Waals surface area contributed by atoms with Crippen LogP contribution in [0.4, 0.5) is 11.4 Å². The molecule has 3 rings (SSSR count). The fourth-order valence-electron chi connectivity index (χ4n) is 3.26. The van der Waals surface area contributed by atoms with Gasteiger partial charge in [-0.25, -0.2) is 18.4 Å². The number of amides is 2. The van der Waals surface area contributed by atoms with Crippen molar-refractivity contribution < 1.29 is 18.0 Å². The first kappa shape index (κ1) is 20.1. The lowest BCUT2D eigenvalue weighted by molar-refractivity contribution is -0.127. The lowest BCUT2D eigenvalue weighted by Gasteiger charge is -2.28. The standard InChI is InChI=1S/C21H24N2O4S/c1-4-5-6-19-20(24)22(16-9-7-15(2)8-10-16)23(21(19)25)17-11-13-18(14-12-17)28(3,26)27/h7-14,19H,4-6H2,1-3H3. The van der Waals surface area contributed by atoms with Gasteiger partial charge in [0.05, 0.1) is 16.3 Å². The highest BCUT2D eigenvalue weighted by molar-refractivity contribution is 7.90. The van der Waals surface area contributed by atoms with Crippen molar-refractivity contribution in [2.45, 2.75) is 38.0 Å².